The molecule has 0 aliphatic carbocycles. The fourth-order valence-corrected chi connectivity index (χ4v) is 1.68. The average molecular weight is 268 g/mol. The fourth-order valence-electron chi connectivity index (χ4n) is 1.68. The van der Waals surface area contributed by atoms with Crippen molar-refractivity contribution in [3.05, 3.63) is 33.9 Å². The maximum Gasteiger partial charge on any atom is 0.313 e. The number of non-ortho nitro benzene ring substituents is 1. The van der Waals surface area contributed by atoms with Crippen LogP contribution in [0.15, 0.2) is 18.2 Å². The zero-order valence-corrected chi connectivity index (χ0v) is 10.9. The van der Waals surface area contributed by atoms with E-state index in [1.807, 2.05) is 0 Å². The summed E-state index contributed by atoms with van der Waals surface area (Å²) in [5.74, 6) is -0.763. The SMILES string of the molecule is COC(=O)C(C)(C)[C@H](N)c1cc([N+](=O)[O-])ccc1O. The predicted octanol–water partition coefficient (Wildman–Crippen LogP) is 1.50. The number of hydrogen-bond donors (Lipinski definition) is 2. The third-order valence-corrected chi connectivity index (χ3v) is 3.05. The highest BCUT2D eigenvalue weighted by molar-refractivity contribution is 5.77. The molecular formula is C12H16N2O5. The number of nitro benzene ring substituents is 1. The second-order valence-corrected chi connectivity index (χ2v) is 4.69. The Kier molecular flexibility index (Phi) is 4.10. The van der Waals surface area contributed by atoms with E-state index in [2.05, 4.69) is 4.74 Å². The van der Waals surface area contributed by atoms with E-state index in [9.17, 15) is 20.0 Å². The summed E-state index contributed by atoms with van der Waals surface area (Å²) in [5, 5.41) is 20.5. The van der Waals surface area contributed by atoms with Crippen molar-refractivity contribution in [3.63, 3.8) is 0 Å². The third kappa shape index (κ3) is 2.82. The van der Waals surface area contributed by atoms with Crippen molar-refractivity contribution in [1.29, 1.82) is 0 Å². The summed E-state index contributed by atoms with van der Waals surface area (Å²) in [6.07, 6.45) is 0. The quantitative estimate of drug-likeness (QED) is 0.485. The first-order chi connectivity index (χ1) is 8.71. The molecule has 104 valence electrons. The Balaban J connectivity index is 3.25. The van der Waals surface area contributed by atoms with Gasteiger partial charge in [-0.05, 0) is 19.9 Å². The Morgan fingerprint density at radius 2 is 2.11 bits per heavy atom. The second-order valence-electron chi connectivity index (χ2n) is 4.69. The van der Waals surface area contributed by atoms with Gasteiger partial charge in [0.2, 0.25) is 0 Å². The molecule has 0 aromatic heterocycles. The maximum absolute atomic E-state index is 11.7. The Morgan fingerprint density at radius 1 is 1.53 bits per heavy atom. The molecule has 0 radical (unpaired) electrons. The summed E-state index contributed by atoms with van der Waals surface area (Å²) >= 11 is 0. The lowest BCUT2D eigenvalue weighted by Crippen LogP contribution is -2.37. The van der Waals surface area contributed by atoms with Crippen LogP contribution < -0.4 is 5.73 Å². The van der Waals surface area contributed by atoms with Crippen LogP contribution in [0.3, 0.4) is 0 Å². The smallest absolute Gasteiger partial charge is 0.313 e. The predicted molar refractivity (Wildman–Crippen MR) is 67.5 cm³/mol. The number of hydrogen-bond acceptors (Lipinski definition) is 6. The summed E-state index contributed by atoms with van der Waals surface area (Å²) < 4.78 is 4.64. The van der Waals surface area contributed by atoms with Crippen molar-refractivity contribution in [2.45, 2.75) is 19.9 Å². The molecule has 0 saturated heterocycles. The molecule has 0 saturated carbocycles. The minimum atomic E-state index is -1.12. The molecule has 0 heterocycles. The number of benzene rings is 1. The van der Waals surface area contributed by atoms with Gasteiger partial charge < -0.3 is 15.6 Å². The van der Waals surface area contributed by atoms with Crippen LogP contribution in [-0.4, -0.2) is 23.1 Å². The molecule has 1 aromatic carbocycles. The molecule has 1 rings (SSSR count). The van der Waals surface area contributed by atoms with Gasteiger partial charge in [-0.15, -0.1) is 0 Å². The number of aromatic hydroxyl groups is 1. The van der Waals surface area contributed by atoms with E-state index in [0.717, 1.165) is 12.1 Å². The molecule has 0 amide bonds. The number of nitrogens with zero attached hydrogens (tertiary/aromatic N) is 1. The summed E-state index contributed by atoms with van der Waals surface area (Å²) in [5.41, 5.74) is 4.74. The average Bonchev–Trinajstić information content (AvgIpc) is 2.36. The van der Waals surface area contributed by atoms with Gasteiger partial charge in [0.15, 0.2) is 0 Å². The minimum Gasteiger partial charge on any atom is -0.508 e. The zero-order valence-electron chi connectivity index (χ0n) is 10.9. The van der Waals surface area contributed by atoms with E-state index in [1.165, 1.54) is 13.2 Å². The van der Waals surface area contributed by atoms with Crippen molar-refractivity contribution in [2.24, 2.45) is 11.1 Å². The maximum atomic E-state index is 11.7. The first-order valence-electron chi connectivity index (χ1n) is 5.53. The van der Waals surface area contributed by atoms with Crippen LogP contribution >= 0.6 is 0 Å². The highest BCUT2D eigenvalue weighted by Gasteiger charge is 2.38. The number of rotatable bonds is 4. The molecular weight excluding hydrogens is 252 g/mol. The number of ether oxygens (including phenoxy) is 1. The monoisotopic (exact) mass is 268 g/mol. The lowest BCUT2D eigenvalue weighted by molar-refractivity contribution is -0.385. The largest absolute Gasteiger partial charge is 0.508 e. The molecule has 1 atom stereocenters. The van der Waals surface area contributed by atoms with Crippen molar-refractivity contribution >= 4 is 11.7 Å². The molecule has 0 unspecified atom stereocenters. The molecule has 7 nitrogen and oxygen atoms in total. The topological polar surface area (TPSA) is 116 Å². The number of methoxy groups -OCH3 is 1. The van der Waals surface area contributed by atoms with Crippen molar-refractivity contribution in [3.8, 4) is 5.75 Å². The van der Waals surface area contributed by atoms with E-state index in [0.29, 0.717) is 0 Å². The third-order valence-electron chi connectivity index (χ3n) is 3.05. The van der Waals surface area contributed by atoms with Crippen LogP contribution in [-0.2, 0) is 9.53 Å². The standard InChI is InChI=1S/C12H16N2O5/c1-12(2,11(16)19-3)10(13)8-6-7(14(17)18)4-5-9(8)15/h4-6,10,15H,13H2,1-3H3/t10-/m1/s1. The van der Waals surface area contributed by atoms with Crippen LogP contribution in [0.2, 0.25) is 0 Å². The second kappa shape index (κ2) is 5.23. The van der Waals surface area contributed by atoms with Crippen LogP contribution in [0.1, 0.15) is 25.5 Å². The summed E-state index contributed by atoms with van der Waals surface area (Å²) in [6.45, 7) is 3.09. The molecule has 0 spiro atoms. The van der Waals surface area contributed by atoms with E-state index in [1.54, 1.807) is 13.8 Å². The molecule has 19 heavy (non-hydrogen) atoms. The van der Waals surface area contributed by atoms with Crippen molar-refractivity contribution < 1.29 is 19.6 Å². The number of nitro groups is 1. The van der Waals surface area contributed by atoms with Crippen LogP contribution in [0.4, 0.5) is 5.69 Å². The lowest BCUT2D eigenvalue weighted by Gasteiger charge is -2.29. The van der Waals surface area contributed by atoms with Gasteiger partial charge in [-0.1, -0.05) is 0 Å². The number of carbonyl (C=O) groups is 1. The molecule has 0 aliphatic heterocycles. The van der Waals surface area contributed by atoms with Gasteiger partial charge in [0.25, 0.3) is 5.69 Å². The molecule has 0 aliphatic rings. The highest BCUT2D eigenvalue weighted by Crippen LogP contribution is 2.38. The molecule has 0 bridgehead atoms. The van der Waals surface area contributed by atoms with Gasteiger partial charge in [-0.3, -0.25) is 14.9 Å². The number of phenols is 1. The van der Waals surface area contributed by atoms with Crippen LogP contribution in [0.25, 0.3) is 0 Å². The first kappa shape index (κ1) is 14.9. The fraction of sp³-hybridized carbons (Fsp3) is 0.417. The molecule has 7 heteroatoms. The highest BCUT2D eigenvalue weighted by atomic mass is 16.6. The van der Waals surface area contributed by atoms with Crippen molar-refractivity contribution in [2.75, 3.05) is 7.11 Å². The van der Waals surface area contributed by atoms with E-state index in [-0.39, 0.29) is 17.0 Å². The van der Waals surface area contributed by atoms with E-state index >= 15 is 0 Å². The van der Waals surface area contributed by atoms with Gasteiger partial charge in [-0.25, -0.2) is 0 Å². The molecule has 1 aromatic rings. The molecule has 0 fully saturated rings. The van der Waals surface area contributed by atoms with Crippen LogP contribution in [0, 0.1) is 15.5 Å². The lowest BCUT2D eigenvalue weighted by atomic mass is 9.80. The number of esters is 1. The van der Waals surface area contributed by atoms with E-state index in [4.69, 9.17) is 5.73 Å². The van der Waals surface area contributed by atoms with Crippen LogP contribution in [0.5, 0.6) is 5.75 Å². The Morgan fingerprint density at radius 3 is 2.58 bits per heavy atom. The van der Waals surface area contributed by atoms with Gasteiger partial charge >= 0.3 is 5.97 Å². The number of carbonyl (C=O) groups excluding carboxylic acids is 1. The Bertz CT molecular complexity index is 513. The van der Waals surface area contributed by atoms with Crippen molar-refractivity contribution in [1.82, 2.24) is 0 Å². The summed E-state index contributed by atoms with van der Waals surface area (Å²) in [4.78, 5) is 21.8. The number of nitrogens with two attached hydrogens (primary N) is 1. The molecule has 3 N–H and O–H groups in total. The van der Waals surface area contributed by atoms with Gasteiger partial charge in [0.05, 0.1) is 17.4 Å². The van der Waals surface area contributed by atoms with Gasteiger partial charge in [-0.2, -0.15) is 0 Å². The minimum absolute atomic E-state index is 0.129. The van der Waals surface area contributed by atoms with Gasteiger partial charge in [0, 0.05) is 23.7 Å². The van der Waals surface area contributed by atoms with Gasteiger partial charge in [0.1, 0.15) is 5.75 Å². The summed E-state index contributed by atoms with van der Waals surface area (Å²) in [7, 11) is 1.23. The Labute approximate surface area is 110 Å². The summed E-state index contributed by atoms with van der Waals surface area (Å²) in [6, 6.07) is 2.57. The van der Waals surface area contributed by atoms with E-state index < -0.39 is 22.3 Å². The number of phenolic OH excluding ortho intramolecular Hbond substituents is 1. The Hall–Kier alpha value is -2.15. The normalized spacial score (nSPS) is 12.8. The zero-order chi connectivity index (χ0) is 14.8. The first-order valence-corrected chi connectivity index (χ1v) is 5.53.